The summed E-state index contributed by atoms with van der Waals surface area (Å²) in [7, 11) is -1.83. The summed E-state index contributed by atoms with van der Waals surface area (Å²) in [5.41, 5.74) is 1.50. The summed E-state index contributed by atoms with van der Waals surface area (Å²) in [6, 6.07) is 16.8. The van der Waals surface area contributed by atoms with Gasteiger partial charge in [0.05, 0.1) is 11.9 Å². The Balaban J connectivity index is 1.67. The third-order valence-electron chi connectivity index (χ3n) is 5.32. The number of carbonyl (C=O) groups excluding carboxylic acids is 1. The number of hydrogen-bond acceptors (Lipinski definition) is 4. The van der Waals surface area contributed by atoms with Crippen molar-refractivity contribution in [2.75, 3.05) is 24.2 Å². The quantitative estimate of drug-likeness (QED) is 0.661. The lowest BCUT2D eigenvalue weighted by atomic mass is 10.2. The maximum atomic E-state index is 12.7. The summed E-state index contributed by atoms with van der Waals surface area (Å²) in [4.78, 5) is 14.4. The molecule has 0 unspecified atom stereocenters. The van der Waals surface area contributed by atoms with E-state index in [1.807, 2.05) is 30.3 Å². The van der Waals surface area contributed by atoms with Gasteiger partial charge < -0.3 is 9.64 Å². The third kappa shape index (κ3) is 5.73. The van der Waals surface area contributed by atoms with Crippen LogP contribution in [-0.4, -0.2) is 45.1 Å². The van der Waals surface area contributed by atoms with E-state index in [-0.39, 0.29) is 18.5 Å². The van der Waals surface area contributed by atoms with Crippen molar-refractivity contribution < 1.29 is 17.9 Å². The molecule has 3 rings (SSSR count). The van der Waals surface area contributed by atoms with Gasteiger partial charge in [0.2, 0.25) is 15.9 Å². The first-order chi connectivity index (χ1) is 13.8. The number of carbonyl (C=O) groups is 1. The van der Waals surface area contributed by atoms with Gasteiger partial charge in [0, 0.05) is 13.1 Å². The SMILES string of the molecule is CN(C(=O)CN(c1ccc(OCc2ccccc2)cc1)S(C)(=O)=O)C1CCCC1. The molecule has 2 aromatic rings. The average Bonchev–Trinajstić information content (AvgIpc) is 3.25. The number of sulfonamides is 1. The highest BCUT2D eigenvalue weighted by atomic mass is 32.2. The molecule has 0 bridgehead atoms. The molecule has 7 heteroatoms. The molecule has 0 aromatic heterocycles. The van der Waals surface area contributed by atoms with Crippen LogP contribution in [0.2, 0.25) is 0 Å². The molecule has 2 aromatic carbocycles. The average molecular weight is 417 g/mol. The van der Waals surface area contributed by atoms with Crippen molar-refractivity contribution in [3.63, 3.8) is 0 Å². The van der Waals surface area contributed by atoms with E-state index in [1.165, 1.54) is 0 Å². The Kier molecular flexibility index (Phi) is 6.79. The number of ether oxygens (including phenoxy) is 1. The van der Waals surface area contributed by atoms with Crippen LogP contribution in [0.1, 0.15) is 31.2 Å². The molecular formula is C22H28N2O4S. The van der Waals surface area contributed by atoms with Gasteiger partial charge in [-0.3, -0.25) is 9.10 Å². The van der Waals surface area contributed by atoms with Gasteiger partial charge in [-0.15, -0.1) is 0 Å². The number of benzene rings is 2. The van der Waals surface area contributed by atoms with E-state index in [4.69, 9.17) is 4.74 Å². The van der Waals surface area contributed by atoms with E-state index in [2.05, 4.69) is 0 Å². The van der Waals surface area contributed by atoms with E-state index in [0.717, 1.165) is 41.8 Å². The van der Waals surface area contributed by atoms with Gasteiger partial charge >= 0.3 is 0 Å². The second kappa shape index (κ2) is 9.31. The molecular weight excluding hydrogens is 388 g/mol. The summed E-state index contributed by atoms with van der Waals surface area (Å²) < 4.78 is 31.6. The third-order valence-corrected chi connectivity index (χ3v) is 6.46. The van der Waals surface area contributed by atoms with E-state index in [0.29, 0.717) is 18.0 Å². The van der Waals surface area contributed by atoms with Gasteiger partial charge in [0.1, 0.15) is 18.9 Å². The molecule has 6 nitrogen and oxygen atoms in total. The minimum absolute atomic E-state index is 0.188. The molecule has 0 aliphatic heterocycles. The van der Waals surface area contributed by atoms with Gasteiger partial charge in [0.15, 0.2) is 0 Å². The molecule has 29 heavy (non-hydrogen) atoms. The lowest BCUT2D eigenvalue weighted by molar-refractivity contribution is -0.130. The van der Waals surface area contributed by atoms with Crippen LogP contribution in [0.15, 0.2) is 54.6 Å². The van der Waals surface area contributed by atoms with Gasteiger partial charge in [-0.1, -0.05) is 43.2 Å². The highest BCUT2D eigenvalue weighted by Gasteiger charge is 2.27. The molecule has 1 amide bonds. The highest BCUT2D eigenvalue weighted by Crippen LogP contribution is 2.25. The molecule has 0 N–H and O–H groups in total. The van der Waals surface area contributed by atoms with Crippen LogP contribution in [0, 0.1) is 0 Å². The van der Waals surface area contributed by atoms with E-state index in [1.54, 1.807) is 36.2 Å². The smallest absolute Gasteiger partial charge is 0.243 e. The van der Waals surface area contributed by atoms with Crippen LogP contribution in [0.3, 0.4) is 0 Å². The van der Waals surface area contributed by atoms with Gasteiger partial charge in [-0.2, -0.15) is 0 Å². The lowest BCUT2D eigenvalue weighted by Crippen LogP contribution is -2.44. The Labute approximate surface area is 173 Å². The molecule has 0 atom stereocenters. The Morgan fingerprint density at radius 2 is 1.66 bits per heavy atom. The Morgan fingerprint density at radius 1 is 1.03 bits per heavy atom. The number of amides is 1. The fraction of sp³-hybridized carbons (Fsp3) is 0.409. The van der Waals surface area contributed by atoms with Gasteiger partial charge in [0.25, 0.3) is 0 Å². The second-order valence-corrected chi connectivity index (χ2v) is 9.39. The number of rotatable bonds is 8. The van der Waals surface area contributed by atoms with Crippen LogP contribution in [0.25, 0.3) is 0 Å². The number of anilines is 1. The van der Waals surface area contributed by atoms with Crippen molar-refractivity contribution in [3.05, 3.63) is 60.2 Å². The molecule has 1 aliphatic carbocycles. The van der Waals surface area contributed by atoms with Crippen molar-refractivity contribution in [1.82, 2.24) is 4.90 Å². The summed E-state index contributed by atoms with van der Waals surface area (Å²) in [5, 5.41) is 0. The topological polar surface area (TPSA) is 66.9 Å². The van der Waals surface area contributed by atoms with Crippen LogP contribution in [0.5, 0.6) is 5.75 Å². The van der Waals surface area contributed by atoms with Crippen LogP contribution in [-0.2, 0) is 21.4 Å². The van der Waals surface area contributed by atoms with Gasteiger partial charge in [-0.25, -0.2) is 8.42 Å². The van der Waals surface area contributed by atoms with Crippen molar-refractivity contribution in [2.24, 2.45) is 0 Å². The first kappa shape index (κ1) is 21.2. The largest absolute Gasteiger partial charge is 0.489 e. The maximum absolute atomic E-state index is 12.7. The van der Waals surface area contributed by atoms with Crippen molar-refractivity contribution in [1.29, 1.82) is 0 Å². The van der Waals surface area contributed by atoms with E-state index in [9.17, 15) is 13.2 Å². The van der Waals surface area contributed by atoms with Crippen LogP contribution >= 0.6 is 0 Å². The summed E-state index contributed by atoms with van der Waals surface area (Å²) in [6.07, 6.45) is 5.31. The maximum Gasteiger partial charge on any atom is 0.243 e. The van der Waals surface area contributed by atoms with Crippen LogP contribution in [0.4, 0.5) is 5.69 Å². The Morgan fingerprint density at radius 3 is 2.24 bits per heavy atom. The molecule has 0 saturated heterocycles. The van der Waals surface area contributed by atoms with E-state index >= 15 is 0 Å². The fourth-order valence-corrected chi connectivity index (χ4v) is 4.43. The minimum Gasteiger partial charge on any atom is -0.489 e. The van der Waals surface area contributed by atoms with Crippen molar-refractivity contribution in [2.45, 2.75) is 38.3 Å². The summed E-state index contributed by atoms with van der Waals surface area (Å²) >= 11 is 0. The molecule has 0 radical (unpaired) electrons. The zero-order valence-corrected chi connectivity index (χ0v) is 17.8. The number of likely N-dealkylation sites (N-methyl/N-ethyl adjacent to an activating group) is 1. The first-order valence-electron chi connectivity index (χ1n) is 9.85. The van der Waals surface area contributed by atoms with Crippen molar-refractivity contribution >= 4 is 21.6 Å². The fourth-order valence-electron chi connectivity index (χ4n) is 3.58. The zero-order chi connectivity index (χ0) is 20.9. The summed E-state index contributed by atoms with van der Waals surface area (Å²) in [5.74, 6) is 0.451. The monoisotopic (exact) mass is 416 g/mol. The zero-order valence-electron chi connectivity index (χ0n) is 17.0. The summed E-state index contributed by atoms with van der Waals surface area (Å²) in [6.45, 7) is 0.233. The molecule has 0 spiro atoms. The molecule has 1 saturated carbocycles. The van der Waals surface area contributed by atoms with Gasteiger partial charge in [-0.05, 0) is 42.7 Å². The lowest BCUT2D eigenvalue weighted by Gasteiger charge is -2.28. The predicted molar refractivity (Wildman–Crippen MR) is 114 cm³/mol. The highest BCUT2D eigenvalue weighted by molar-refractivity contribution is 7.92. The second-order valence-electron chi connectivity index (χ2n) is 7.48. The predicted octanol–water partition coefficient (Wildman–Crippen LogP) is 3.43. The Hall–Kier alpha value is -2.54. The van der Waals surface area contributed by atoms with Crippen molar-refractivity contribution in [3.8, 4) is 5.75 Å². The molecule has 1 aliphatic rings. The van der Waals surface area contributed by atoms with Crippen LogP contribution < -0.4 is 9.04 Å². The molecule has 0 heterocycles. The molecule has 156 valence electrons. The number of nitrogens with zero attached hydrogens (tertiary/aromatic N) is 2. The minimum atomic E-state index is -3.59. The first-order valence-corrected chi connectivity index (χ1v) is 11.7. The number of hydrogen-bond donors (Lipinski definition) is 0. The normalized spacial score (nSPS) is 14.6. The van der Waals surface area contributed by atoms with E-state index < -0.39 is 10.0 Å². The molecule has 1 fully saturated rings. The Bertz CT molecular complexity index is 908. The standard InChI is InChI=1S/C22H28N2O4S/c1-23(19-10-6-7-11-19)22(25)16-24(29(2,26)27)20-12-14-21(15-13-20)28-17-18-8-4-3-5-9-18/h3-5,8-9,12-15,19H,6-7,10-11,16-17H2,1-2H3.